The third kappa shape index (κ3) is 3.43. The van der Waals surface area contributed by atoms with Crippen LogP contribution in [0.15, 0.2) is 28.7 Å². The number of hydrogen-bond acceptors (Lipinski definition) is 2. The minimum Gasteiger partial charge on any atom is -0.310 e. The molecule has 1 N–H and O–H groups in total. The largest absolute Gasteiger partial charge is 0.310 e. The van der Waals surface area contributed by atoms with Gasteiger partial charge in [0.25, 0.3) is 0 Å². The Balaban J connectivity index is 2.27. The van der Waals surface area contributed by atoms with Gasteiger partial charge in [-0.1, -0.05) is 30.7 Å². The molecule has 0 saturated carbocycles. The maximum Gasteiger partial charge on any atom is 0.0738 e. The highest BCUT2D eigenvalue weighted by Crippen LogP contribution is 2.26. The highest BCUT2D eigenvalue weighted by molar-refractivity contribution is 9.10. The van der Waals surface area contributed by atoms with Crippen LogP contribution in [0.1, 0.15) is 29.9 Å². The molecule has 2 rings (SSSR count). The lowest BCUT2D eigenvalue weighted by atomic mass is 10.0. The molecule has 0 aliphatic rings. The van der Waals surface area contributed by atoms with Gasteiger partial charge in [0, 0.05) is 24.5 Å². The van der Waals surface area contributed by atoms with E-state index in [9.17, 15) is 0 Å². The van der Waals surface area contributed by atoms with Crippen LogP contribution in [-0.4, -0.2) is 16.3 Å². The molecule has 0 aliphatic heterocycles. The molecular weight excluding hydrogens is 338 g/mol. The van der Waals surface area contributed by atoms with E-state index < -0.39 is 0 Å². The van der Waals surface area contributed by atoms with Crippen LogP contribution < -0.4 is 5.32 Å². The highest BCUT2D eigenvalue weighted by Gasteiger charge is 2.17. The molecule has 1 atom stereocenters. The fourth-order valence-corrected chi connectivity index (χ4v) is 2.97. The minimum atomic E-state index is 0.253. The predicted molar refractivity (Wildman–Crippen MR) is 87.2 cm³/mol. The normalized spacial score (nSPS) is 12.7. The van der Waals surface area contributed by atoms with Crippen molar-refractivity contribution in [3.8, 4) is 0 Å². The van der Waals surface area contributed by atoms with Crippen LogP contribution >= 0.6 is 27.5 Å². The standard InChI is InChI=1S/C15H19BrClN3/c1-4-18-13(11-5-7-12(17)8-6-11)9-14-15(16)10(2)19-20(14)3/h5-8,13,18H,4,9H2,1-3H3. The number of aromatic nitrogens is 2. The number of nitrogens with zero attached hydrogens (tertiary/aromatic N) is 2. The zero-order chi connectivity index (χ0) is 14.7. The van der Waals surface area contributed by atoms with Gasteiger partial charge in [0.1, 0.15) is 0 Å². The number of rotatable bonds is 5. The summed E-state index contributed by atoms with van der Waals surface area (Å²) in [6.45, 7) is 5.05. The molecule has 2 aromatic rings. The van der Waals surface area contributed by atoms with Crippen molar-refractivity contribution >= 4 is 27.5 Å². The first-order chi connectivity index (χ1) is 9.52. The van der Waals surface area contributed by atoms with E-state index in [1.807, 2.05) is 30.8 Å². The summed E-state index contributed by atoms with van der Waals surface area (Å²) in [4.78, 5) is 0. The zero-order valence-corrected chi connectivity index (χ0v) is 14.3. The Morgan fingerprint density at radius 3 is 2.50 bits per heavy atom. The van der Waals surface area contributed by atoms with E-state index >= 15 is 0 Å². The second kappa shape index (κ2) is 6.74. The quantitative estimate of drug-likeness (QED) is 0.876. The SMILES string of the molecule is CCNC(Cc1c(Br)c(C)nn1C)c1ccc(Cl)cc1. The molecule has 0 bridgehead atoms. The molecule has 1 heterocycles. The van der Waals surface area contributed by atoms with Crippen molar-refractivity contribution in [2.24, 2.45) is 7.05 Å². The molecule has 5 heteroatoms. The summed E-state index contributed by atoms with van der Waals surface area (Å²) < 4.78 is 3.04. The van der Waals surface area contributed by atoms with Crippen molar-refractivity contribution in [1.82, 2.24) is 15.1 Å². The Labute approximate surface area is 133 Å². The van der Waals surface area contributed by atoms with Gasteiger partial charge in [-0.25, -0.2) is 0 Å². The van der Waals surface area contributed by atoms with Gasteiger partial charge in [-0.3, -0.25) is 4.68 Å². The van der Waals surface area contributed by atoms with Gasteiger partial charge in [-0.2, -0.15) is 5.10 Å². The van der Waals surface area contributed by atoms with Crippen molar-refractivity contribution in [1.29, 1.82) is 0 Å². The number of benzene rings is 1. The number of nitrogens with one attached hydrogen (secondary N) is 1. The van der Waals surface area contributed by atoms with Crippen LogP contribution in [0, 0.1) is 6.92 Å². The average Bonchev–Trinajstić information content (AvgIpc) is 2.65. The molecule has 1 aromatic heterocycles. The lowest BCUT2D eigenvalue weighted by molar-refractivity contribution is 0.528. The topological polar surface area (TPSA) is 29.9 Å². The summed E-state index contributed by atoms with van der Waals surface area (Å²) in [6.07, 6.45) is 0.882. The zero-order valence-electron chi connectivity index (χ0n) is 12.0. The van der Waals surface area contributed by atoms with E-state index in [1.54, 1.807) is 0 Å². The fraction of sp³-hybridized carbons (Fsp3) is 0.400. The van der Waals surface area contributed by atoms with Gasteiger partial charge >= 0.3 is 0 Å². The Morgan fingerprint density at radius 2 is 2.00 bits per heavy atom. The summed E-state index contributed by atoms with van der Waals surface area (Å²) in [6, 6.07) is 8.28. The molecule has 0 aliphatic carbocycles. The van der Waals surface area contributed by atoms with Gasteiger partial charge in [0.2, 0.25) is 0 Å². The van der Waals surface area contributed by atoms with Gasteiger partial charge in [0.05, 0.1) is 15.9 Å². The van der Waals surface area contributed by atoms with E-state index in [0.29, 0.717) is 0 Å². The second-order valence-electron chi connectivity index (χ2n) is 4.84. The molecule has 0 amide bonds. The van der Waals surface area contributed by atoms with Crippen molar-refractivity contribution in [2.45, 2.75) is 26.3 Å². The number of likely N-dealkylation sites (N-methyl/N-ethyl adjacent to an activating group) is 1. The molecule has 3 nitrogen and oxygen atoms in total. The van der Waals surface area contributed by atoms with Crippen LogP contribution in [0.5, 0.6) is 0 Å². The lowest BCUT2D eigenvalue weighted by Crippen LogP contribution is -2.24. The Bertz CT molecular complexity index is 578. The predicted octanol–water partition coefficient (Wildman–Crippen LogP) is 4.04. The lowest BCUT2D eigenvalue weighted by Gasteiger charge is -2.19. The Hall–Kier alpha value is -0.840. The van der Waals surface area contributed by atoms with Crippen molar-refractivity contribution in [3.63, 3.8) is 0 Å². The second-order valence-corrected chi connectivity index (χ2v) is 6.07. The third-order valence-electron chi connectivity index (χ3n) is 3.38. The number of aryl methyl sites for hydroxylation is 2. The van der Waals surface area contributed by atoms with Crippen LogP contribution in [-0.2, 0) is 13.5 Å². The van der Waals surface area contributed by atoms with E-state index in [0.717, 1.165) is 28.2 Å². The molecule has 1 unspecified atom stereocenters. The highest BCUT2D eigenvalue weighted by atomic mass is 79.9. The molecule has 0 fully saturated rings. The maximum atomic E-state index is 5.97. The average molecular weight is 357 g/mol. The summed E-state index contributed by atoms with van der Waals surface area (Å²) in [7, 11) is 1.98. The molecule has 108 valence electrons. The van der Waals surface area contributed by atoms with Gasteiger partial charge in [0.15, 0.2) is 0 Å². The van der Waals surface area contributed by atoms with Crippen molar-refractivity contribution < 1.29 is 0 Å². The van der Waals surface area contributed by atoms with E-state index in [-0.39, 0.29) is 6.04 Å². The first-order valence-corrected chi connectivity index (χ1v) is 7.86. The molecule has 0 spiro atoms. The first kappa shape index (κ1) is 15.5. The van der Waals surface area contributed by atoms with Gasteiger partial charge in [-0.05, 0) is 47.1 Å². The van der Waals surface area contributed by atoms with E-state index in [1.165, 1.54) is 11.3 Å². The van der Waals surface area contributed by atoms with Crippen LogP contribution in [0.3, 0.4) is 0 Å². The third-order valence-corrected chi connectivity index (χ3v) is 4.67. The number of halogens is 2. The Kier molecular flexibility index (Phi) is 5.24. The molecule has 20 heavy (non-hydrogen) atoms. The summed E-state index contributed by atoms with van der Waals surface area (Å²) in [5.41, 5.74) is 3.46. The molecule has 0 saturated heterocycles. The van der Waals surface area contributed by atoms with Crippen LogP contribution in [0.2, 0.25) is 5.02 Å². The van der Waals surface area contributed by atoms with E-state index in [4.69, 9.17) is 11.6 Å². The van der Waals surface area contributed by atoms with Crippen molar-refractivity contribution in [3.05, 3.63) is 50.7 Å². The molecular formula is C15H19BrClN3. The monoisotopic (exact) mass is 355 g/mol. The van der Waals surface area contributed by atoms with Crippen molar-refractivity contribution in [2.75, 3.05) is 6.54 Å². The summed E-state index contributed by atoms with van der Waals surface area (Å²) in [5.74, 6) is 0. The first-order valence-electron chi connectivity index (χ1n) is 6.69. The summed E-state index contributed by atoms with van der Waals surface area (Å²) in [5, 5.41) is 8.74. The minimum absolute atomic E-state index is 0.253. The Morgan fingerprint density at radius 1 is 1.35 bits per heavy atom. The van der Waals surface area contributed by atoms with Crippen LogP contribution in [0.4, 0.5) is 0 Å². The number of hydrogen-bond donors (Lipinski definition) is 1. The van der Waals surface area contributed by atoms with Gasteiger partial charge < -0.3 is 5.32 Å². The fourth-order valence-electron chi connectivity index (χ4n) is 2.34. The molecule has 0 radical (unpaired) electrons. The summed E-state index contributed by atoms with van der Waals surface area (Å²) >= 11 is 9.60. The van der Waals surface area contributed by atoms with Gasteiger partial charge in [-0.15, -0.1) is 0 Å². The smallest absolute Gasteiger partial charge is 0.0738 e. The molecule has 1 aromatic carbocycles. The maximum absolute atomic E-state index is 5.97. The van der Waals surface area contributed by atoms with Crippen LogP contribution in [0.25, 0.3) is 0 Å². The van der Waals surface area contributed by atoms with E-state index in [2.05, 4.69) is 45.4 Å².